The molecule has 6 nitrogen and oxygen atoms in total. The number of benzene rings is 2. The van der Waals surface area contributed by atoms with Gasteiger partial charge in [0.2, 0.25) is 11.8 Å². The molecular weight excluding hydrogens is 368 g/mol. The van der Waals surface area contributed by atoms with Gasteiger partial charge in [0.1, 0.15) is 24.7 Å². The van der Waals surface area contributed by atoms with Crippen LogP contribution < -0.4 is 19.7 Å². The first-order valence-electron chi connectivity index (χ1n) is 8.48. The average molecular weight is 391 g/mol. The number of nitrogens with one attached hydrogen (secondary N) is 1. The fourth-order valence-electron chi connectivity index (χ4n) is 2.52. The van der Waals surface area contributed by atoms with Crippen LogP contribution in [0.2, 0.25) is 5.02 Å². The molecule has 0 fully saturated rings. The summed E-state index contributed by atoms with van der Waals surface area (Å²) in [6, 6.07) is 12.4. The number of methoxy groups -OCH3 is 1. The molecule has 0 heterocycles. The monoisotopic (exact) mass is 390 g/mol. The van der Waals surface area contributed by atoms with Crippen LogP contribution in [0.1, 0.15) is 12.5 Å². The summed E-state index contributed by atoms with van der Waals surface area (Å²) in [5.41, 5.74) is 1.49. The van der Waals surface area contributed by atoms with E-state index in [0.717, 1.165) is 11.3 Å². The molecule has 2 aromatic rings. The van der Waals surface area contributed by atoms with Crippen LogP contribution in [0, 0.1) is 6.92 Å². The lowest BCUT2D eigenvalue weighted by Gasteiger charge is -2.22. The summed E-state index contributed by atoms with van der Waals surface area (Å²) in [4.78, 5) is 25.6. The molecule has 2 amide bonds. The Bertz CT molecular complexity index is 793. The zero-order valence-corrected chi connectivity index (χ0v) is 16.4. The molecule has 0 radical (unpaired) electrons. The number of halogens is 1. The minimum Gasteiger partial charge on any atom is -0.497 e. The summed E-state index contributed by atoms with van der Waals surface area (Å²) in [6.45, 7) is 3.85. The molecule has 0 atom stereocenters. The fraction of sp³-hybridized carbons (Fsp3) is 0.300. The van der Waals surface area contributed by atoms with E-state index < -0.39 is 0 Å². The minimum absolute atomic E-state index is 0.0691. The van der Waals surface area contributed by atoms with Gasteiger partial charge in [-0.3, -0.25) is 9.59 Å². The van der Waals surface area contributed by atoms with Crippen molar-refractivity contribution in [2.24, 2.45) is 0 Å². The van der Waals surface area contributed by atoms with E-state index in [-0.39, 0.29) is 18.4 Å². The molecule has 7 heteroatoms. The van der Waals surface area contributed by atoms with Gasteiger partial charge in [0.15, 0.2) is 0 Å². The lowest BCUT2D eigenvalue weighted by atomic mass is 10.1. The molecule has 0 saturated heterocycles. The standard InChI is InChI=1S/C20H23ClN2O4/c1-14-12-16(21)4-9-19(14)23(15(2)24)13-20(25)22-10-11-27-18-7-5-17(26-3)6-8-18/h4-9,12H,10-11,13H2,1-3H3,(H,22,25). The van der Waals surface area contributed by atoms with Gasteiger partial charge in [-0.1, -0.05) is 11.6 Å². The van der Waals surface area contributed by atoms with Crippen LogP contribution in [0.25, 0.3) is 0 Å². The third-order valence-corrected chi connectivity index (χ3v) is 4.12. The molecule has 0 aromatic heterocycles. The predicted molar refractivity (Wildman–Crippen MR) is 106 cm³/mol. The van der Waals surface area contributed by atoms with Gasteiger partial charge in [-0.2, -0.15) is 0 Å². The van der Waals surface area contributed by atoms with Crippen molar-refractivity contribution < 1.29 is 19.1 Å². The number of hydrogen-bond acceptors (Lipinski definition) is 4. The first-order chi connectivity index (χ1) is 12.9. The normalized spacial score (nSPS) is 10.2. The zero-order chi connectivity index (χ0) is 19.8. The van der Waals surface area contributed by atoms with Crippen molar-refractivity contribution in [1.82, 2.24) is 5.32 Å². The molecule has 0 unspecified atom stereocenters. The smallest absolute Gasteiger partial charge is 0.240 e. The van der Waals surface area contributed by atoms with Crippen LogP contribution in [-0.4, -0.2) is 38.6 Å². The SMILES string of the molecule is COc1ccc(OCCNC(=O)CN(C(C)=O)c2ccc(Cl)cc2C)cc1. The largest absolute Gasteiger partial charge is 0.497 e. The second kappa shape index (κ2) is 9.83. The molecule has 0 aliphatic rings. The highest BCUT2D eigenvalue weighted by Crippen LogP contribution is 2.23. The predicted octanol–water partition coefficient (Wildman–Crippen LogP) is 3.21. The van der Waals surface area contributed by atoms with Crippen LogP contribution in [0.3, 0.4) is 0 Å². The third-order valence-electron chi connectivity index (χ3n) is 3.88. The van der Waals surface area contributed by atoms with Gasteiger partial charge in [-0.25, -0.2) is 0 Å². The van der Waals surface area contributed by atoms with Crippen molar-refractivity contribution in [3.63, 3.8) is 0 Å². The molecule has 144 valence electrons. The number of hydrogen-bond donors (Lipinski definition) is 1. The van der Waals surface area contributed by atoms with Crippen LogP contribution >= 0.6 is 11.6 Å². The quantitative estimate of drug-likeness (QED) is 0.703. The number of nitrogens with zero attached hydrogens (tertiary/aromatic N) is 1. The summed E-state index contributed by atoms with van der Waals surface area (Å²) >= 11 is 5.96. The summed E-state index contributed by atoms with van der Waals surface area (Å²) < 4.78 is 10.6. The van der Waals surface area contributed by atoms with Crippen molar-refractivity contribution in [2.75, 3.05) is 31.7 Å². The van der Waals surface area contributed by atoms with E-state index in [1.54, 1.807) is 49.6 Å². The van der Waals surface area contributed by atoms with Crippen LogP contribution in [0.5, 0.6) is 11.5 Å². The highest BCUT2D eigenvalue weighted by molar-refractivity contribution is 6.30. The Morgan fingerprint density at radius 1 is 1.11 bits per heavy atom. The topological polar surface area (TPSA) is 67.9 Å². The van der Waals surface area contributed by atoms with Gasteiger partial charge in [0.25, 0.3) is 0 Å². The first kappa shape index (κ1) is 20.6. The number of carbonyl (C=O) groups is 2. The van der Waals surface area contributed by atoms with Gasteiger partial charge in [-0.15, -0.1) is 0 Å². The maximum absolute atomic E-state index is 12.2. The molecular formula is C20H23ClN2O4. The Hall–Kier alpha value is -2.73. The average Bonchev–Trinajstić information content (AvgIpc) is 2.64. The van der Waals surface area contributed by atoms with E-state index in [4.69, 9.17) is 21.1 Å². The van der Waals surface area contributed by atoms with E-state index in [1.807, 2.05) is 6.92 Å². The minimum atomic E-state index is -0.266. The van der Waals surface area contributed by atoms with Crippen molar-refractivity contribution in [3.8, 4) is 11.5 Å². The second-order valence-corrected chi connectivity index (χ2v) is 6.35. The number of carbonyl (C=O) groups excluding carboxylic acids is 2. The Kier molecular flexibility index (Phi) is 7.49. The molecule has 0 saturated carbocycles. The molecule has 0 spiro atoms. The molecule has 2 rings (SSSR count). The zero-order valence-electron chi connectivity index (χ0n) is 15.6. The molecule has 2 aromatic carbocycles. The summed E-state index contributed by atoms with van der Waals surface area (Å²) in [5.74, 6) is 0.951. The van der Waals surface area contributed by atoms with Crippen molar-refractivity contribution in [3.05, 3.63) is 53.1 Å². The lowest BCUT2D eigenvalue weighted by Crippen LogP contribution is -2.41. The third kappa shape index (κ3) is 6.18. The molecule has 0 aliphatic heterocycles. The number of rotatable bonds is 8. The van der Waals surface area contributed by atoms with Gasteiger partial charge < -0.3 is 19.7 Å². The second-order valence-electron chi connectivity index (χ2n) is 5.91. The summed E-state index contributed by atoms with van der Waals surface area (Å²) in [5, 5.41) is 3.34. The van der Waals surface area contributed by atoms with E-state index in [0.29, 0.717) is 29.6 Å². The maximum Gasteiger partial charge on any atom is 0.240 e. The van der Waals surface area contributed by atoms with E-state index in [1.165, 1.54) is 11.8 Å². The molecule has 27 heavy (non-hydrogen) atoms. The van der Waals surface area contributed by atoms with E-state index >= 15 is 0 Å². The summed E-state index contributed by atoms with van der Waals surface area (Å²) in [7, 11) is 1.60. The molecule has 1 N–H and O–H groups in total. The number of ether oxygens (including phenoxy) is 2. The Morgan fingerprint density at radius 2 is 1.78 bits per heavy atom. The van der Waals surface area contributed by atoms with Crippen molar-refractivity contribution in [2.45, 2.75) is 13.8 Å². The van der Waals surface area contributed by atoms with Gasteiger partial charge >= 0.3 is 0 Å². The maximum atomic E-state index is 12.2. The van der Waals surface area contributed by atoms with Gasteiger partial charge in [0.05, 0.1) is 13.7 Å². The first-order valence-corrected chi connectivity index (χ1v) is 8.86. The van der Waals surface area contributed by atoms with Crippen molar-refractivity contribution >= 4 is 29.1 Å². The van der Waals surface area contributed by atoms with Gasteiger partial charge in [-0.05, 0) is 55.0 Å². The highest BCUT2D eigenvalue weighted by Gasteiger charge is 2.17. The Labute approximate surface area is 164 Å². The van der Waals surface area contributed by atoms with Crippen LogP contribution in [0.4, 0.5) is 5.69 Å². The van der Waals surface area contributed by atoms with E-state index in [2.05, 4.69) is 5.32 Å². The fourth-order valence-corrected chi connectivity index (χ4v) is 2.75. The van der Waals surface area contributed by atoms with Crippen molar-refractivity contribution in [1.29, 1.82) is 0 Å². The lowest BCUT2D eigenvalue weighted by molar-refractivity contribution is -0.123. The van der Waals surface area contributed by atoms with Crippen LogP contribution in [0.15, 0.2) is 42.5 Å². The number of amides is 2. The summed E-state index contributed by atoms with van der Waals surface area (Å²) in [6.07, 6.45) is 0. The number of aryl methyl sites for hydroxylation is 1. The highest BCUT2D eigenvalue weighted by atomic mass is 35.5. The van der Waals surface area contributed by atoms with Crippen LogP contribution in [-0.2, 0) is 9.59 Å². The Balaban J connectivity index is 1.84. The Morgan fingerprint density at radius 3 is 2.37 bits per heavy atom. The molecule has 0 aliphatic carbocycles. The molecule has 0 bridgehead atoms. The number of anilines is 1. The van der Waals surface area contributed by atoms with E-state index in [9.17, 15) is 9.59 Å². The van der Waals surface area contributed by atoms with Gasteiger partial charge in [0, 0.05) is 17.6 Å².